The molecular weight excluding hydrogens is 245 g/mol. The molecule has 0 radical (unpaired) electrons. The summed E-state index contributed by atoms with van der Waals surface area (Å²) in [7, 11) is 1.53. The molecule has 2 rings (SSSR count). The maximum atomic E-state index is 12.6. The van der Waals surface area contributed by atoms with Crippen LogP contribution in [0.4, 0.5) is 13.2 Å². The molecule has 2 unspecified atom stereocenters. The van der Waals surface area contributed by atoms with Crippen molar-refractivity contribution >= 4 is 12.1 Å². The van der Waals surface area contributed by atoms with Gasteiger partial charge in [0.15, 0.2) is 13.3 Å². The van der Waals surface area contributed by atoms with E-state index in [0.29, 0.717) is 6.42 Å². The molecule has 2 aliphatic rings. The van der Waals surface area contributed by atoms with Gasteiger partial charge in [0.25, 0.3) is 0 Å². The van der Waals surface area contributed by atoms with Crippen LogP contribution in [0.1, 0.15) is 13.3 Å². The number of azo groups is 2. The summed E-state index contributed by atoms with van der Waals surface area (Å²) in [5.74, 6) is -1.04. The average Bonchev–Trinajstić information content (AvgIpc) is 2.71. The Labute approximate surface area is 103 Å². The highest BCUT2D eigenvalue weighted by Gasteiger charge is 2.49. The lowest BCUT2D eigenvalue weighted by molar-refractivity contribution is -0.663. The number of amidine groups is 1. The van der Waals surface area contributed by atoms with Gasteiger partial charge in [0.1, 0.15) is 6.54 Å². The highest BCUT2D eigenvalue weighted by atomic mass is 19.4. The zero-order chi connectivity index (χ0) is 13.3. The number of likely N-dealkylation sites (N-methyl/N-ethyl adjacent to an activating group) is 2. The molecule has 0 aromatic heterocycles. The van der Waals surface area contributed by atoms with E-state index in [9.17, 15) is 13.2 Å². The van der Waals surface area contributed by atoms with Gasteiger partial charge in [-0.1, -0.05) is 10.8 Å². The molecule has 0 aliphatic carbocycles. The lowest BCUT2D eigenvalue weighted by atomic mass is 10.1. The van der Waals surface area contributed by atoms with Crippen LogP contribution in [0.2, 0.25) is 0 Å². The first-order valence-corrected chi connectivity index (χ1v) is 5.78. The van der Waals surface area contributed by atoms with E-state index in [4.69, 9.17) is 0 Å². The van der Waals surface area contributed by atoms with Gasteiger partial charge < -0.3 is 0 Å². The van der Waals surface area contributed by atoms with E-state index < -0.39 is 18.2 Å². The van der Waals surface area contributed by atoms with Crippen LogP contribution < -0.4 is 0 Å². The number of halogens is 3. The summed E-state index contributed by atoms with van der Waals surface area (Å²) in [6.45, 7) is 2.69. The molecule has 0 N–H and O–H groups in total. The molecule has 0 aromatic carbocycles. The maximum Gasteiger partial charge on any atom is 0.457 e. The minimum atomic E-state index is -4.48. The van der Waals surface area contributed by atoms with Crippen molar-refractivity contribution in [2.45, 2.75) is 31.7 Å². The summed E-state index contributed by atoms with van der Waals surface area (Å²) in [6, 6.07) is -0.103. The van der Waals surface area contributed by atoms with Crippen LogP contribution in [0.15, 0.2) is 22.3 Å². The van der Waals surface area contributed by atoms with Crippen LogP contribution in [0, 0.1) is 0 Å². The second kappa shape index (κ2) is 4.62. The summed E-state index contributed by atoms with van der Waals surface area (Å²) in [5, 5.41) is 3.48. The number of rotatable bonds is 2. The molecule has 0 aromatic rings. The minimum Gasteiger partial charge on any atom is -0.224 e. The van der Waals surface area contributed by atoms with Crippen LogP contribution in [0.3, 0.4) is 0 Å². The third kappa shape index (κ3) is 2.34. The van der Waals surface area contributed by atoms with Gasteiger partial charge in [0.2, 0.25) is 6.04 Å². The predicted octanol–water partition coefficient (Wildman–Crippen LogP) is 1.81. The average molecular weight is 260 g/mol. The fraction of sp³-hybridized carbons (Fsp3) is 0.636. The van der Waals surface area contributed by atoms with Crippen molar-refractivity contribution in [1.29, 1.82) is 0 Å². The van der Waals surface area contributed by atoms with Gasteiger partial charge in [-0.15, -0.1) is 0 Å². The Bertz CT molecular complexity index is 459. The van der Waals surface area contributed by atoms with E-state index in [1.807, 2.05) is 29.9 Å². The SMILES string of the molecule is CC[N+]1=CC=CCC1C1N=C(C(F)(F)F)N=[N+]1C. The van der Waals surface area contributed by atoms with E-state index in [1.165, 1.54) is 11.7 Å². The number of hydrogen-bond acceptors (Lipinski definition) is 2. The molecule has 98 valence electrons. The highest BCUT2D eigenvalue weighted by Crippen LogP contribution is 2.25. The molecule has 18 heavy (non-hydrogen) atoms. The zero-order valence-electron chi connectivity index (χ0n) is 10.2. The molecule has 2 heterocycles. The molecule has 7 heteroatoms. The molecule has 0 saturated heterocycles. The van der Waals surface area contributed by atoms with E-state index in [0.717, 1.165) is 6.54 Å². The van der Waals surface area contributed by atoms with Crippen LogP contribution in [-0.4, -0.2) is 53.3 Å². The second-order valence-corrected chi connectivity index (χ2v) is 4.25. The third-order valence-corrected chi connectivity index (χ3v) is 3.07. The van der Waals surface area contributed by atoms with E-state index in [1.54, 1.807) is 0 Å². The number of nitrogens with zero attached hydrogens (tertiary/aromatic N) is 4. The Hall–Kier alpha value is -1.53. The van der Waals surface area contributed by atoms with Crippen LogP contribution in [0.5, 0.6) is 0 Å². The van der Waals surface area contributed by atoms with Crippen molar-refractivity contribution < 1.29 is 22.4 Å². The number of allylic oxidation sites excluding steroid dienone is 1. The number of hydrogen-bond donors (Lipinski definition) is 0. The normalized spacial score (nSPS) is 27.9. The van der Waals surface area contributed by atoms with E-state index >= 15 is 0 Å². The highest BCUT2D eigenvalue weighted by molar-refractivity contribution is 5.88. The predicted molar refractivity (Wildman–Crippen MR) is 60.3 cm³/mol. The molecule has 0 spiro atoms. The van der Waals surface area contributed by atoms with Crippen molar-refractivity contribution in [3.8, 4) is 0 Å². The topological polar surface area (TPSA) is 30.7 Å². The van der Waals surface area contributed by atoms with Crippen molar-refractivity contribution in [1.82, 2.24) is 0 Å². The summed E-state index contributed by atoms with van der Waals surface area (Å²) >= 11 is 0. The fourth-order valence-corrected chi connectivity index (χ4v) is 2.18. The van der Waals surface area contributed by atoms with Crippen LogP contribution in [-0.2, 0) is 0 Å². The van der Waals surface area contributed by atoms with Crippen molar-refractivity contribution in [2.24, 2.45) is 10.1 Å². The van der Waals surface area contributed by atoms with Gasteiger partial charge in [-0.05, 0) is 13.0 Å². The quantitative estimate of drug-likeness (QED) is 0.678. The summed E-state index contributed by atoms with van der Waals surface area (Å²) in [6.07, 6.45) is 1.33. The number of aliphatic imine (C=N–C) groups is 1. The lowest BCUT2D eigenvalue weighted by Gasteiger charge is -2.15. The monoisotopic (exact) mass is 260 g/mol. The Morgan fingerprint density at radius 2 is 2.17 bits per heavy atom. The van der Waals surface area contributed by atoms with Gasteiger partial charge in [-0.2, -0.15) is 18.2 Å². The largest absolute Gasteiger partial charge is 0.457 e. The van der Waals surface area contributed by atoms with Crippen molar-refractivity contribution in [2.75, 3.05) is 13.6 Å². The molecule has 4 nitrogen and oxygen atoms in total. The van der Waals surface area contributed by atoms with Gasteiger partial charge >= 0.3 is 18.2 Å². The molecule has 0 saturated carbocycles. The molecule has 0 fully saturated rings. The maximum absolute atomic E-state index is 12.6. The Morgan fingerprint density at radius 1 is 1.44 bits per heavy atom. The van der Waals surface area contributed by atoms with Crippen LogP contribution in [0.25, 0.3) is 0 Å². The summed E-state index contributed by atoms with van der Waals surface area (Å²) < 4.78 is 41.0. The number of alkyl halides is 3. The summed E-state index contributed by atoms with van der Waals surface area (Å²) in [5.41, 5.74) is 0. The van der Waals surface area contributed by atoms with Gasteiger partial charge in [0.05, 0.1) is 0 Å². The smallest absolute Gasteiger partial charge is 0.224 e. The zero-order valence-corrected chi connectivity index (χ0v) is 10.2. The van der Waals surface area contributed by atoms with Gasteiger partial charge in [-0.3, -0.25) is 0 Å². The minimum absolute atomic E-state index is 0.103. The van der Waals surface area contributed by atoms with Crippen molar-refractivity contribution in [3.63, 3.8) is 0 Å². The lowest BCUT2D eigenvalue weighted by Crippen LogP contribution is -2.41. The third-order valence-electron chi connectivity index (χ3n) is 3.07. The molecule has 2 atom stereocenters. The Kier molecular flexibility index (Phi) is 3.32. The molecular formula is C11H15F3N4+2. The molecule has 2 aliphatic heterocycles. The van der Waals surface area contributed by atoms with E-state index in [2.05, 4.69) is 10.1 Å². The first-order valence-electron chi connectivity index (χ1n) is 5.78. The first-order chi connectivity index (χ1) is 8.43. The Balaban J connectivity index is 2.26. The van der Waals surface area contributed by atoms with Gasteiger partial charge in [0, 0.05) is 11.5 Å². The molecule has 0 amide bonds. The van der Waals surface area contributed by atoms with Crippen molar-refractivity contribution in [3.05, 3.63) is 12.2 Å². The molecule has 0 bridgehead atoms. The van der Waals surface area contributed by atoms with E-state index in [-0.39, 0.29) is 6.04 Å². The summed E-state index contributed by atoms with van der Waals surface area (Å²) in [4.78, 5) is 3.72. The Morgan fingerprint density at radius 3 is 2.72 bits per heavy atom. The van der Waals surface area contributed by atoms with Gasteiger partial charge in [-0.25, -0.2) is 4.58 Å². The second-order valence-electron chi connectivity index (χ2n) is 4.25. The first kappa shape index (κ1) is 12.9. The fourth-order valence-electron chi connectivity index (χ4n) is 2.18. The van der Waals surface area contributed by atoms with Crippen LogP contribution >= 0.6 is 0 Å². The standard InChI is InChI=1S/C11H15F3N4/c1-3-18-7-5-4-6-8(18)9-15-10(11(12,13)14)16-17(9)2/h4-5,7-9H,3,6H2,1-2H3/q+2.